The first-order chi connectivity index (χ1) is 10.3. The predicted molar refractivity (Wildman–Crippen MR) is 77.1 cm³/mol. The first-order valence-electron chi connectivity index (χ1n) is 6.66. The van der Waals surface area contributed by atoms with Crippen LogP contribution in [-0.2, 0) is 12.8 Å². The fraction of sp³-hybridized carbons (Fsp3) is 0.235. The fourth-order valence-corrected chi connectivity index (χ4v) is 2.11. The van der Waals surface area contributed by atoms with Gasteiger partial charge in [0, 0.05) is 5.56 Å². The molecule has 22 heavy (non-hydrogen) atoms. The summed E-state index contributed by atoms with van der Waals surface area (Å²) in [5.74, 6) is 0.0249. The lowest BCUT2D eigenvalue weighted by Gasteiger charge is -2.13. The molecule has 2 aromatic carbocycles. The summed E-state index contributed by atoms with van der Waals surface area (Å²) in [6, 6.07) is 8.76. The molecule has 0 saturated heterocycles. The van der Waals surface area contributed by atoms with Gasteiger partial charge in [-0.05, 0) is 43.2 Å². The van der Waals surface area contributed by atoms with Crippen LogP contribution in [-0.4, -0.2) is 6.29 Å². The van der Waals surface area contributed by atoms with Crippen molar-refractivity contribution in [3.63, 3.8) is 0 Å². The summed E-state index contributed by atoms with van der Waals surface area (Å²) >= 11 is 0. The van der Waals surface area contributed by atoms with Crippen molar-refractivity contribution in [3.8, 4) is 5.75 Å². The molecule has 116 valence electrons. The van der Waals surface area contributed by atoms with Crippen LogP contribution in [0.3, 0.4) is 0 Å². The van der Waals surface area contributed by atoms with Gasteiger partial charge < -0.3 is 4.74 Å². The molecular weight excluding hydrogens is 293 g/mol. The normalized spacial score (nSPS) is 11.3. The van der Waals surface area contributed by atoms with E-state index in [2.05, 4.69) is 0 Å². The Labute approximate surface area is 126 Å². The van der Waals surface area contributed by atoms with Gasteiger partial charge in [-0.3, -0.25) is 4.79 Å². The van der Waals surface area contributed by atoms with E-state index >= 15 is 0 Å². The second-order valence-corrected chi connectivity index (χ2v) is 5.12. The van der Waals surface area contributed by atoms with E-state index in [-0.39, 0.29) is 17.9 Å². The van der Waals surface area contributed by atoms with Gasteiger partial charge in [-0.2, -0.15) is 13.2 Å². The number of carbonyl (C=O) groups is 1. The highest BCUT2D eigenvalue weighted by molar-refractivity contribution is 5.76. The maximum atomic E-state index is 12.8. The SMILES string of the molecule is Cc1ccc(COc2cc(C=O)cc(C(F)(F)F)c2)c(C)c1. The number of hydrogen-bond acceptors (Lipinski definition) is 2. The van der Waals surface area contributed by atoms with Crippen molar-refractivity contribution >= 4 is 6.29 Å². The van der Waals surface area contributed by atoms with Gasteiger partial charge in [0.25, 0.3) is 0 Å². The molecule has 0 aromatic heterocycles. The van der Waals surface area contributed by atoms with E-state index in [1.807, 2.05) is 32.0 Å². The number of rotatable bonds is 4. The largest absolute Gasteiger partial charge is 0.489 e. The third-order valence-corrected chi connectivity index (χ3v) is 3.28. The quantitative estimate of drug-likeness (QED) is 0.764. The van der Waals surface area contributed by atoms with Crippen LogP contribution >= 0.6 is 0 Å². The van der Waals surface area contributed by atoms with E-state index in [1.165, 1.54) is 6.07 Å². The summed E-state index contributed by atoms with van der Waals surface area (Å²) in [5, 5.41) is 0. The molecule has 2 aromatic rings. The number of carbonyl (C=O) groups excluding carboxylic acids is 1. The molecule has 0 radical (unpaired) electrons. The van der Waals surface area contributed by atoms with E-state index < -0.39 is 11.7 Å². The average Bonchev–Trinajstić information content (AvgIpc) is 2.45. The predicted octanol–water partition coefficient (Wildman–Crippen LogP) is 4.71. The molecule has 0 aliphatic heterocycles. The number of aldehydes is 1. The maximum Gasteiger partial charge on any atom is 0.416 e. The number of hydrogen-bond donors (Lipinski definition) is 0. The molecule has 0 unspecified atom stereocenters. The van der Waals surface area contributed by atoms with Crippen molar-refractivity contribution in [2.45, 2.75) is 26.6 Å². The van der Waals surface area contributed by atoms with E-state index in [1.54, 1.807) is 0 Å². The highest BCUT2D eigenvalue weighted by Crippen LogP contribution is 2.32. The molecule has 0 fully saturated rings. The molecule has 0 heterocycles. The van der Waals surface area contributed by atoms with Crippen molar-refractivity contribution < 1.29 is 22.7 Å². The van der Waals surface area contributed by atoms with Crippen LogP contribution < -0.4 is 4.74 Å². The molecule has 0 saturated carbocycles. The second kappa shape index (κ2) is 6.22. The van der Waals surface area contributed by atoms with Crippen LogP contribution in [0, 0.1) is 13.8 Å². The Morgan fingerprint density at radius 1 is 1.09 bits per heavy atom. The molecule has 0 amide bonds. The molecular formula is C17H15F3O2. The summed E-state index contributed by atoms with van der Waals surface area (Å²) in [5.41, 5.74) is 2.03. The van der Waals surface area contributed by atoms with E-state index in [0.717, 1.165) is 28.8 Å². The summed E-state index contributed by atoms with van der Waals surface area (Å²) in [6.07, 6.45) is -4.14. The number of alkyl halides is 3. The molecule has 2 rings (SSSR count). The molecule has 0 spiro atoms. The second-order valence-electron chi connectivity index (χ2n) is 5.12. The number of halogens is 3. The Balaban J connectivity index is 2.24. The van der Waals surface area contributed by atoms with Gasteiger partial charge in [0.2, 0.25) is 0 Å². The van der Waals surface area contributed by atoms with Crippen LogP contribution in [0.15, 0.2) is 36.4 Å². The minimum Gasteiger partial charge on any atom is -0.489 e. The van der Waals surface area contributed by atoms with Crippen molar-refractivity contribution in [2.75, 3.05) is 0 Å². The van der Waals surface area contributed by atoms with Gasteiger partial charge in [-0.15, -0.1) is 0 Å². The molecule has 5 heteroatoms. The van der Waals surface area contributed by atoms with Crippen LogP contribution in [0.2, 0.25) is 0 Å². The third kappa shape index (κ3) is 3.87. The summed E-state index contributed by atoms with van der Waals surface area (Å²) in [6.45, 7) is 4.02. The van der Waals surface area contributed by atoms with Gasteiger partial charge in [0.1, 0.15) is 18.6 Å². The Hall–Kier alpha value is -2.30. The van der Waals surface area contributed by atoms with Crippen molar-refractivity contribution in [3.05, 3.63) is 64.2 Å². The fourth-order valence-electron chi connectivity index (χ4n) is 2.11. The number of ether oxygens (including phenoxy) is 1. The Kier molecular flexibility index (Phi) is 4.54. The van der Waals surface area contributed by atoms with E-state index in [4.69, 9.17) is 4.74 Å². The molecule has 2 nitrogen and oxygen atoms in total. The highest BCUT2D eigenvalue weighted by atomic mass is 19.4. The Bertz CT molecular complexity index is 691. The average molecular weight is 308 g/mol. The minimum absolute atomic E-state index is 0.0249. The highest BCUT2D eigenvalue weighted by Gasteiger charge is 2.31. The molecule has 0 aliphatic carbocycles. The summed E-state index contributed by atoms with van der Waals surface area (Å²) in [7, 11) is 0. The minimum atomic E-state index is -4.52. The molecule has 0 aliphatic rings. The molecule has 0 bridgehead atoms. The Morgan fingerprint density at radius 3 is 2.41 bits per heavy atom. The maximum absolute atomic E-state index is 12.8. The number of benzene rings is 2. The van der Waals surface area contributed by atoms with Crippen LogP contribution in [0.4, 0.5) is 13.2 Å². The molecule has 0 atom stereocenters. The summed E-state index contributed by atoms with van der Waals surface area (Å²) < 4.78 is 43.8. The lowest BCUT2D eigenvalue weighted by molar-refractivity contribution is -0.137. The smallest absolute Gasteiger partial charge is 0.416 e. The van der Waals surface area contributed by atoms with Gasteiger partial charge in [0.15, 0.2) is 0 Å². The monoisotopic (exact) mass is 308 g/mol. The van der Waals surface area contributed by atoms with Gasteiger partial charge in [-0.1, -0.05) is 23.8 Å². The van der Waals surface area contributed by atoms with E-state index in [0.29, 0.717) is 6.29 Å². The number of aryl methyl sites for hydroxylation is 2. The van der Waals surface area contributed by atoms with Crippen molar-refractivity contribution in [1.82, 2.24) is 0 Å². The van der Waals surface area contributed by atoms with Gasteiger partial charge in [0.05, 0.1) is 5.56 Å². The van der Waals surface area contributed by atoms with Crippen molar-refractivity contribution in [1.29, 1.82) is 0 Å². The lowest BCUT2D eigenvalue weighted by atomic mass is 10.1. The topological polar surface area (TPSA) is 26.3 Å². The van der Waals surface area contributed by atoms with Crippen LogP contribution in [0.25, 0.3) is 0 Å². The van der Waals surface area contributed by atoms with Crippen molar-refractivity contribution in [2.24, 2.45) is 0 Å². The lowest BCUT2D eigenvalue weighted by Crippen LogP contribution is -2.07. The Morgan fingerprint density at radius 2 is 1.82 bits per heavy atom. The first-order valence-corrected chi connectivity index (χ1v) is 6.66. The van der Waals surface area contributed by atoms with Crippen LogP contribution in [0.1, 0.15) is 32.6 Å². The van der Waals surface area contributed by atoms with Gasteiger partial charge >= 0.3 is 6.18 Å². The first kappa shape index (κ1) is 16.1. The van der Waals surface area contributed by atoms with Gasteiger partial charge in [-0.25, -0.2) is 0 Å². The molecule has 0 N–H and O–H groups in total. The third-order valence-electron chi connectivity index (χ3n) is 3.28. The van der Waals surface area contributed by atoms with Crippen LogP contribution in [0.5, 0.6) is 5.75 Å². The zero-order valence-corrected chi connectivity index (χ0v) is 12.2. The van der Waals surface area contributed by atoms with E-state index in [9.17, 15) is 18.0 Å². The standard InChI is InChI=1S/C17H15F3O2/c1-11-3-4-14(12(2)5-11)10-22-16-7-13(9-21)6-15(8-16)17(18,19)20/h3-9H,10H2,1-2H3. The zero-order valence-electron chi connectivity index (χ0n) is 12.2. The summed E-state index contributed by atoms with van der Waals surface area (Å²) in [4.78, 5) is 10.8. The zero-order chi connectivity index (χ0) is 16.3.